The van der Waals surface area contributed by atoms with Crippen molar-refractivity contribution in [1.82, 2.24) is 0 Å². The summed E-state index contributed by atoms with van der Waals surface area (Å²) in [6.45, 7) is 1.77. The minimum Gasteiger partial charge on any atom is -0.323 e. The van der Waals surface area contributed by atoms with Gasteiger partial charge in [0.05, 0.1) is 0 Å². The molecule has 0 bridgehead atoms. The Hall–Kier alpha value is -0.670. The maximum Gasteiger partial charge on any atom is 0.346 e. The van der Waals surface area contributed by atoms with E-state index in [-0.39, 0.29) is 12.3 Å². The van der Waals surface area contributed by atoms with Gasteiger partial charge in [0.2, 0.25) is 0 Å². The van der Waals surface area contributed by atoms with Gasteiger partial charge >= 0.3 is 7.60 Å². The normalized spacial score (nSPS) is 30.3. The fourth-order valence-electron chi connectivity index (χ4n) is 2.20. The predicted molar refractivity (Wildman–Crippen MR) is 57.5 cm³/mol. The Balaban J connectivity index is 2.51. The Kier molecular flexibility index (Phi) is 2.28. The monoisotopic (exact) mass is 227 g/mol. The first-order valence-electron chi connectivity index (χ1n) is 4.78. The van der Waals surface area contributed by atoms with Crippen molar-refractivity contribution in [2.45, 2.75) is 24.5 Å². The molecule has 2 atom stereocenters. The van der Waals surface area contributed by atoms with Gasteiger partial charge in [-0.2, -0.15) is 0 Å². The number of hydrogen-bond donors (Lipinski definition) is 3. The highest BCUT2D eigenvalue weighted by Gasteiger charge is 2.52. The Morgan fingerprint density at radius 3 is 2.60 bits per heavy atom. The molecule has 1 aromatic rings. The smallest absolute Gasteiger partial charge is 0.323 e. The Morgan fingerprint density at radius 1 is 1.47 bits per heavy atom. The summed E-state index contributed by atoms with van der Waals surface area (Å²) in [5, 5.41) is -1.43. The maximum absolute atomic E-state index is 11.4. The molecule has 4 nitrogen and oxygen atoms in total. The molecule has 0 amide bonds. The first kappa shape index (κ1) is 10.8. The van der Waals surface area contributed by atoms with Gasteiger partial charge in [0.15, 0.2) is 0 Å². The SMILES string of the molecule is CC1c2ccccc2C[C@]1(N)P(=O)(O)O. The molecule has 0 spiro atoms. The lowest BCUT2D eigenvalue weighted by molar-refractivity contribution is 0.314. The Morgan fingerprint density at radius 2 is 2.07 bits per heavy atom. The topological polar surface area (TPSA) is 83.6 Å². The number of benzene rings is 1. The van der Waals surface area contributed by atoms with E-state index >= 15 is 0 Å². The first-order valence-corrected chi connectivity index (χ1v) is 6.40. The third-order valence-corrected chi connectivity index (χ3v) is 4.92. The molecule has 0 heterocycles. The van der Waals surface area contributed by atoms with Crippen LogP contribution < -0.4 is 5.73 Å². The number of rotatable bonds is 1. The molecule has 82 valence electrons. The molecule has 2 rings (SSSR count). The highest BCUT2D eigenvalue weighted by atomic mass is 31.2. The maximum atomic E-state index is 11.4. The van der Waals surface area contributed by atoms with Crippen LogP contribution in [0.25, 0.3) is 0 Å². The second-order valence-corrected chi connectivity index (χ2v) is 6.05. The van der Waals surface area contributed by atoms with E-state index in [2.05, 4.69) is 0 Å². The lowest BCUT2D eigenvalue weighted by Gasteiger charge is -2.29. The zero-order chi connectivity index (χ0) is 11.3. The van der Waals surface area contributed by atoms with Gasteiger partial charge in [-0.3, -0.25) is 4.57 Å². The van der Waals surface area contributed by atoms with E-state index in [4.69, 9.17) is 5.73 Å². The minimum absolute atomic E-state index is 0.245. The number of fused-ring (bicyclic) bond motifs is 1. The van der Waals surface area contributed by atoms with Crippen molar-refractivity contribution < 1.29 is 14.4 Å². The van der Waals surface area contributed by atoms with Crippen molar-refractivity contribution in [3.63, 3.8) is 0 Å². The molecule has 0 aromatic heterocycles. The van der Waals surface area contributed by atoms with Crippen LogP contribution in [-0.2, 0) is 11.0 Å². The van der Waals surface area contributed by atoms with Crippen LogP contribution in [0.15, 0.2) is 24.3 Å². The zero-order valence-electron chi connectivity index (χ0n) is 8.42. The van der Waals surface area contributed by atoms with Gasteiger partial charge in [-0.05, 0) is 11.1 Å². The summed E-state index contributed by atoms with van der Waals surface area (Å²) in [4.78, 5) is 18.6. The van der Waals surface area contributed by atoms with Gasteiger partial charge in [-0.25, -0.2) is 0 Å². The summed E-state index contributed by atoms with van der Waals surface area (Å²) < 4.78 is 11.4. The Labute approximate surface area is 88.3 Å². The van der Waals surface area contributed by atoms with Crippen LogP contribution in [-0.4, -0.2) is 15.1 Å². The minimum atomic E-state index is -4.29. The van der Waals surface area contributed by atoms with Crippen molar-refractivity contribution in [2.24, 2.45) is 5.73 Å². The van der Waals surface area contributed by atoms with Gasteiger partial charge in [0, 0.05) is 12.3 Å². The molecule has 1 aliphatic rings. The molecular formula is C10H14NO3P. The van der Waals surface area contributed by atoms with Crippen LogP contribution in [0.5, 0.6) is 0 Å². The van der Waals surface area contributed by atoms with E-state index in [1.165, 1.54) is 0 Å². The molecule has 0 radical (unpaired) electrons. The largest absolute Gasteiger partial charge is 0.346 e. The van der Waals surface area contributed by atoms with Crippen molar-refractivity contribution in [2.75, 3.05) is 0 Å². The molecule has 15 heavy (non-hydrogen) atoms. The molecule has 5 heteroatoms. The summed E-state index contributed by atoms with van der Waals surface area (Å²) in [5.74, 6) is -0.311. The molecule has 1 aliphatic carbocycles. The van der Waals surface area contributed by atoms with Crippen LogP contribution >= 0.6 is 7.60 Å². The summed E-state index contributed by atoms with van der Waals surface area (Å²) in [7, 11) is -4.29. The molecule has 0 saturated heterocycles. The molecule has 4 N–H and O–H groups in total. The van der Waals surface area contributed by atoms with Crippen molar-refractivity contribution in [3.8, 4) is 0 Å². The van der Waals surface area contributed by atoms with Crippen molar-refractivity contribution in [3.05, 3.63) is 35.4 Å². The average molecular weight is 227 g/mol. The fourth-order valence-corrected chi connectivity index (χ4v) is 3.22. The molecule has 1 aromatic carbocycles. The summed E-state index contributed by atoms with van der Waals surface area (Å²) in [6.07, 6.45) is 0.245. The first-order chi connectivity index (χ1) is 6.86. The van der Waals surface area contributed by atoms with E-state index in [0.717, 1.165) is 11.1 Å². The van der Waals surface area contributed by atoms with E-state index in [9.17, 15) is 14.4 Å². The third-order valence-electron chi connectivity index (χ3n) is 3.29. The second kappa shape index (κ2) is 3.16. The summed E-state index contributed by atoms with van der Waals surface area (Å²) in [5.41, 5.74) is 7.75. The van der Waals surface area contributed by atoms with E-state index in [1.54, 1.807) is 6.92 Å². The van der Waals surface area contributed by atoms with Gasteiger partial charge in [0.25, 0.3) is 0 Å². The standard InChI is InChI=1S/C10H14NO3P/c1-7-9-5-3-2-4-8(9)6-10(7,11)15(12,13)14/h2-5,7H,6,11H2,1H3,(H2,12,13,14)/t7?,10-/m0/s1. The van der Waals surface area contributed by atoms with E-state index in [0.29, 0.717) is 0 Å². The average Bonchev–Trinajstić information content (AvgIpc) is 2.40. The van der Waals surface area contributed by atoms with Crippen LogP contribution in [0.1, 0.15) is 24.0 Å². The lowest BCUT2D eigenvalue weighted by Crippen LogP contribution is -2.42. The zero-order valence-corrected chi connectivity index (χ0v) is 9.32. The molecule has 0 aliphatic heterocycles. The second-order valence-electron chi connectivity index (χ2n) is 4.13. The highest BCUT2D eigenvalue weighted by molar-refractivity contribution is 7.53. The van der Waals surface area contributed by atoms with Crippen LogP contribution in [0, 0.1) is 0 Å². The lowest BCUT2D eigenvalue weighted by atomic mass is 10.0. The molecule has 0 fully saturated rings. The summed E-state index contributed by atoms with van der Waals surface area (Å²) in [6, 6.07) is 7.47. The van der Waals surface area contributed by atoms with Gasteiger partial charge in [-0.1, -0.05) is 31.2 Å². The van der Waals surface area contributed by atoms with Crippen LogP contribution in [0.3, 0.4) is 0 Å². The molecular weight excluding hydrogens is 213 g/mol. The quantitative estimate of drug-likeness (QED) is 0.629. The van der Waals surface area contributed by atoms with E-state index in [1.807, 2.05) is 24.3 Å². The number of nitrogens with two attached hydrogens (primary N) is 1. The van der Waals surface area contributed by atoms with E-state index < -0.39 is 12.9 Å². The van der Waals surface area contributed by atoms with Crippen LogP contribution in [0.2, 0.25) is 0 Å². The fraction of sp³-hybridized carbons (Fsp3) is 0.400. The molecule has 0 saturated carbocycles. The van der Waals surface area contributed by atoms with Crippen molar-refractivity contribution >= 4 is 7.60 Å². The van der Waals surface area contributed by atoms with Gasteiger partial charge in [-0.15, -0.1) is 0 Å². The predicted octanol–water partition coefficient (Wildman–Crippen LogP) is 1.18. The summed E-state index contributed by atoms with van der Waals surface area (Å²) >= 11 is 0. The van der Waals surface area contributed by atoms with Gasteiger partial charge in [0.1, 0.15) is 5.28 Å². The van der Waals surface area contributed by atoms with Gasteiger partial charge < -0.3 is 15.5 Å². The third kappa shape index (κ3) is 1.45. The Bertz CT molecular complexity index is 442. The highest BCUT2D eigenvalue weighted by Crippen LogP contribution is 2.59. The number of hydrogen-bond acceptors (Lipinski definition) is 2. The van der Waals surface area contributed by atoms with Crippen LogP contribution in [0.4, 0.5) is 0 Å². The molecule has 1 unspecified atom stereocenters. The van der Waals surface area contributed by atoms with Crippen molar-refractivity contribution in [1.29, 1.82) is 0 Å².